The van der Waals surface area contributed by atoms with Gasteiger partial charge in [-0.25, -0.2) is 9.37 Å². The highest BCUT2D eigenvalue weighted by Crippen LogP contribution is 2.43. The molecule has 0 spiro atoms. The third kappa shape index (κ3) is 2.90. The van der Waals surface area contributed by atoms with Gasteiger partial charge in [-0.2, -0.15) is 4.37 Å². The molecule has 1 aliphatic carbocycles. The number of hydrogen-bond donors (Lipinski definition) is 1. The second kappa shape index (κ2) is 5.22. The first-order valence-electron chi connectivity index (χ1n) is 6.10. The van der Waals surface area contributed by atoms with Crippen LogP contribution >= 0.6 is 11.5 Å². The van der Waals surface area contributed by atoms with E-state index in [-0.39, 0.29) is 5.82 Å². The van der Waals surface area contributed by atoms with Crippen molar-refractivity contribution in [2.24, 2.45) is 0 Å². The minimum Gasteiger partial charge on any atom is -0.377 e. The maximum Gasteiger partial charge on any atom is 0.202 e. The number of anilines is 1. The first-order chi connectivity index (χ1) is 9.26. The van der Waals surface area contributed by atoms with Crippen LogP contribution in [0.4, 0.5) is 9.52 Å². The molecule has 1 aromatic carbocycles. The highest BCUT2D eigenvalue weighted by Gasteiger charge is 2.39. The molecule has 2 aromatic rings. The van der Waals surface area contributed by atoms with Gasteiger partial charge in [-0.3, -0.25) is 0 Å². The van der Waals surface area contributed by atoms with Crippen molar-refractivity contribution in [3.63, 3.8) is 0 Å². The number of halogens is 1. The fourth-order valence-corrected chi connectivity index (χ4v) is 2.75. The van der Waals surface area contributed by atoms with Crippen LogP contribution in [0.15, 0.2) is 24.3 Å². The molecule has 0 aliphatic heterocycles. The summed E-state index contributed by atoms with van der Waals surface area (Å²) in [5.41, 5.74) is 1.04. The summed E-state index contributed by atoms with van der Waals surface area (Å²) in [6.07, 6.45) is 1.00. The quantitative estimate of drug-likeness (QED) is 0.914. The van der Waals surface area contributed by atoms with Crippen LogP contribution in [0.2, 0.25) is 0 Å². The van der Waals surface area contributed by atoms with Crippen molar-refractivity contribution in [2.75, 3.05) is 12.4 Å². The number of aromatic nitrogens is 2. The van der Waals surface area contributed by atoms with Crippen LogP contribution in [0.5, 0.6) is 0 Å². The van der Waals surface area contributed by atoms with Crippen LogP contribution < -0.4 is 5.32 Å². The minimum atomic E-state index is -0.179. The standard InChI is InChI=1S/C13H14FN3OS/c1-18-7-12-16-13(19-17-12)15-11-6-10(11)8-3-2-4-9(14)5-8/h2-5,10-11H,6-7H2,1H3,(H,15,16,17)/t10-,11+/m0/s1. The Labute approximate surface area is 114 Å². The van der Waals surface area contributed by atoms with Crippen molar-refractivity contribution in [1.29, 1.82) is 0 Å². The normalized spacial score (nSPS) is 21.4. The van der Waals surface area contributed by atoms with E-state index in [9.17, 15) is 4.39 Å². The Kier molecular flexibility index (Phi) is 3.44. The predicted octanol–water partition coefficient (Wildman–Crippen LogP) is 2.79. The molecule has 1 N–H and O–H groups in total. The van der Waals surface area contributed by atoms with E-state index >= 15 is 0 Å². The van der Waals surface area contributed by atoms with Gasteiger partial charge in [0.05, 0.1) is 0 Å². The van der Waals surface area contributed by atoms with Crippen LogP contribution in [0.1, 0.15) is 23.7 Å². The molecule has 1 saturated carbocycles. The molecule has 3 rings (SSSR count). The number of ether oxygens (including phenoxy) is 1. The Balaban J connectivity index is 1.60. The largest absolute Gasteiger partial charge is 0.377 e. The maximum absolute atomic E-state index is 13.1. The Morgan fingerprint density at radius 1 is 1.53 bits per heavy atom. The molecule has 6 heteroatoms. The van der Waals surface area contributed by atoms with Gasteiger partial charge in [-0.15, -0.1) is 0 Å². The Morgan fingerprint density at radius 2 is 2.42 bits per heavy atom. The summed E-state index contributed by atoms with van der Waals surface area (Å²) in [5, 5.41) is 4.13. The van der Waals surface area contributed by atoms with E-state index in [4.69, 9.17) is 4.74 Å². The topological polar surface area (TPSA) is 47.0 Å². The Hall–Kier alpha value is -1.53. The zero-order chi connectivity index (χ0) is 13.2. The Bertz CT molecular complexity index is 575. The van der Waals surface area contributed by atoms with Crippen molar-refractivity contribution in [1.82, 2.24) is 9.36 Å². The van der Waals surface area contributed by atoms with Crippen LogP contribution in [-0.2, 0) is 11.3 Å². The lowest BCUT2D eigenvalue weighted by Crippen LogP contribution is -2.04. The lowest BCUT2D eigenvalue weighted by Gasteiger charge is -2.01. The molecule has 0 saturated heterocycles. The maximum atomic E-state index is 13.1. The van der Waals surface area contributed by atoms with Crippen molar-refractivity contribution in [3.05, 3.63) is 41.5 Å². The molecule has 0 bridgehead atoms. The summed E-state index contributed by atoms with van der Waals surface area (Å²) in [6.45, 7) is 0.427. The first-order valence-corrected chi connectivity index (χ1v) is 6.87. The van der Waals surface area contributed by atoms with E-state index in [1.807, 2.05) is 6.07 Å². The number of hydrogen-bond acceptors (Lipinski definition) is 5. The average Bonchev–Trinajstić information content (AvgIpc) is 3.01. The summed E-state index contributed by atoms with van der Waals surface area (Å²) >= 11 is 1.33. The van der Waals surface area contributed by atoms with E-state index < -0.39 is 0 Å². The van der Waals surface area contributed by atoms with Gasteiger partial charge in [0.15, 0.2) is 5.82 Å². The van der Waals surface area contributed by atoms with Gasteiger partial charge in [-0.1, -0.05) is 12.1 Å². The fourth-order valence-electron chi connectivity index (χ4n) is 2.12. The number of methoxy groups -OCH3 is 1. The second-order valence-electron chi connectivity index (χ2n) is 4.60. The lowest BCUT2D eigenvalue weighted by atomic mass is 10.1. The highest BCUT2D eigenvalue weighted by atomic mass is 32.1. The summed E-state index contributed by atoms with van der Waals surface area (Å²) in [6, 6.07) is 7.11. The van der Waals surface area contributed by atoms with E-state index in [1.54, 1.807) is 19.2 Å². The first kappa shape index (κ1) is 12.5. The molecule has 19 heavy (non-hydrogen) atoms. The van der Waals surface area contributed by atoms with Crippen LogP contribution in [0, 0.1) is 5.82 Å². The molecular weight excluding hydrogens is 265 g/mol. The van der Waals surface area contributed by atoms with E-state index in [0.717, 1.165) is 17.1 Å². The number of nitrogens with one attached hydrogen (secondary N) is 1. The summed E-state index contributed by atoms with van der Waals surface area (Å²) in [4.78, 5) is 4.32. The van der Waals surface area contributed by atoms with Gasteiger partial charge in [0.1, 0.15) is 12.4 Å². The number of benzene rings is 1. The molecule has 4 nitrogen and oxygen atoms in total. The molecule has 0 radical (unpaired) electrons. The predicted molar refractivity (Wildman–Crippen MR) is 71.8 cm³/mol. The molecule has 1 aromatic heterocycles. The minimum absolute atomic E-state index is 0.179. The van der Waals surface area contributed by atoms with Crippen molar-refractivity contribution in [3.8, 4) is 0 Å². The number of nitrogens with zero attached hydrogens (tertiary/aromatic N) is 2. The van der Waals surface area contributed by atoms with Gasteiger partial charge >= 0.3 is 0 Å². The lowest BCUT2D eigenvalue weighted by molar-refractivity contribution is 0.179. The monoisotopic (exact) mass is 279 g/mol. The van der Waals surface area contributed by atoms with Crippen molar-refractivity contribution >= 4 is 16.7 Å². The molecule has 1 fully saturated rings. The van der Waals surface area contributed by atoms with Gasteiger partial charge in [0, 0.05) is 30.6 Å². The summed E-state index contributed by atoms with van der Waals surface area (Å²) in [5.74, 6) is 0.880. The Morgan fingerprint density at radius 3 is 3.21 bits per heavy atom. The van der Waals surface area contributed by atoms with Crippen LogP contribution in [-0.4, -0.2) is 22.5 Å². The zero-order valence-electron chi connectivity index (χ0n) is 10.5. The molecule has 0 unspecified atom stereocenters. The van der Waals surface area contributed by atoms with Gasteiger partial charge in [0.25, 0.3) is 0 Å². The summed E-state index contributed by atoms with van der Waals surface area (Å²) < 4.78 is 22.3. The van der Waals surface area contributed by atoms with E-state index in [0.29, 0.717) is 24.4 Å². The molecule has 100 valence electrons. The van der Waals surface area contributed by atoms with Crippen LogP contribution in [0.25, 0.3) is 0 Å². The highest BCUT2D eigenvalue weighted by molar-refractivity contribution is 7.09. The van der Waals surface area contributed by atoms with Crippen molar-refractivity contribution in [2.45, 2.75) is 25.0 Å². The number of rotatable bonds is 5. The molecular formula is C13H14FN3OS. The SMILES string of the molecule is COCc1nsc(N[C@@H]2C[C@H]2c2cccc(F)c2)n1. The molecule has 0 amide bonds. The van der Waals surface area contributed by atoms with Gasteiger partial charge in [0.2, 0.25) is 5.13 Å². The molecule has 1 heterocycles. The van der Waals surface area contributed by atoms with Gasteiger partial charge < -0.3 is 10.1 Å². The molecule has 2 atom stereocenters. The van der Waals surface area contributed by atoms with E-state index in [2.05, 4.69) is 14.7 Å². The zero-order valence-corrected chi connectivity index (χ0v) is 11.3. The smallest absolute Gasteiger partial charge is 0.202 e. The van der Waals surface area contributed by atoms with Crippen molar-refractivity contribution < 1.29 is 9.13 Å². The van der Waals surface area contributed by atoms with E-state index in [1.165, 1.54) is 17.6 Å². The average molecular weight is 279 g/mol. The fraction of sp³-hybridized carbons (Fsp3) is 0.385. The van der Waals surface area contributed by atoms with Crippen LogP contribution in [0.3, 0.4) is 0 Å². The second-order valence-corrected chi connectivity index (χ2v) is 5.35. The summed E-state index contributed by atoms with van der Waals surface area (Å²) in [7, 11) is 1.62. The molecule has 1 aliphatic rings. The third-order valence-corrected chi connectivity index (χ3v) is 3.80. The van der Waals surface area contributed by atoms with Gasteiger partial charge in [-0.05, 0) is 24.1 Å². The third-order valence-electron chi connectivity index (χ3n) is 3.12.